The minimum Gasteiger partial charge on any atom is -1.00 e. The summed E-state index contributed by atoms with van der Waals surface area (Å²) in [4.78, 5) is 36.0. The first-order valence-corrected chi connectivity index (χ1v) is 11.5. The van der Waals surface area contributed by atoms with Crippen molar-refractivity contribution in [2.24, 2.45) is 5.92 Å². The Morgan fingerprint density at radius 3 is 2.24 bits per heavy atom. The second kappa shape index (κ2) is 11.6. The van der Waals surface area contributed by atoms with Gasteiger partial charge in [-0.15, -0.1) is 0 Å². The molecule has 4 unspecified atom stereocenters. The molecule has 4 rings (SSSR count). The Hall–Kier alpha value is -3.70. The molecule has 11 heteroatoms. The number of carbonyl (C=O) groups is 1. The summed E-state index contributed by atoms with van der Waals surface area (Å²) in [7, 11) is 0. The van der Waals surface area contributed by atoms with E-state index in [2.05, 4.69) is 0 Å². The van der Waals surface area contributed by atoms with Crippen LogP contribution in [0.4, 0.5) is 11.4 Å². The average molecular weight is 528 g/mol. The quantitative estimate of drug-likeness (QED) is 0.198. The fourth-order valence-corrected chi connectivity index (χ4v) is 4.87. The van der Waals surface area contributed by atoms with E-state index in [1.807, 2.05) is 18.2 Å². The number of hydrogen-bond acceptors (Lipinski definition) is 7. The lowest BCUT2D eigenvalue weighted by Crippen LogP contribution is -3.15. The van der Waals surface area contributed by atoms with Crippen LogP contribution in [0.3, 0.4) is 0 Å². The predicted molar refractivity (Wildman–Crippen MR) is 129 cm³/mol. The summed E-state index contributed by atoms with van der Waals surface area (Å²) in [5, 5.41) is 45.2. The van der Waals surface area contributed by atoms with Gasteiger partial charge >= 0.3 is 0 Å². The third kappa shape index (κ3) is 6.00. The van der Waals surface area contributed by atoms with Gasteiger partial charge in [0.25, 0.3) is 11.4 Å². The van der Waals surface area contributed by atoms with Crippen molar-refractivity contribution in [3.8, 4) is 0 Å². The van der Waals surface area contributed by atoms with Gasteiger partial charge in [-0.25, -0.2) is 0 Å². The van der Waals surface area contributed by atoms with Crippen LogP contribution >= 0.6 is 0 Å². The molecule has 3 aromatic rings. The Kier molecular flexibility index (Phi) is 8.72. The molecule has 1 saturated heterocycles. The molecule has 10 nitrogen and oxygen atoms in total. The molecule has 3 N–H and O–H groups in total. The zero-order chi connectivity index (χ0) is 25.9. The van der Waals surface area contributed by atoms with Crippen molar-refractivity contribution < 1.29 is 42.2 Å². The first-order chi connectivity index (χ1) is 17.2. The van der Waals surface area contributed by atoms with E-state index < -0.39 is 33.3 Å². The Morgan fingerprint density at radius 1 is 0.973 bits per heavy atom. The average Bonchev–Trinajstić information content (AvgIpc) is 2.90. The van der Waals surface area contributed by atoms with Crippen LogP contribution in [0.2, 0.25) is 0 Å². The number of nitro benzene ring substituents is 2. The third-order valence-electron chi connectivity index (χ3n) is 6.81. The normalized spacial score (nSPS) is 21.9. The number of halogens is 1. The highest BCUT2D eigenvalue weighted by molar-refractivity contribution is 5.99. The Bertz CT molecular complexity index is 1290. The lowest BCUT2D eigenvalue weighted by molar-refractivity contribution is -0.914. The smallest absolute Gasteiger partial charge is 0.270 e. The van der Waals surface area contributed by atoms with Gasteiger partial charge in [0.15, 0.2) is 5.78 Å². The van der Waals surface area contributed by atoms with E-state index in [1.54, 1.807) is 18.2 Å². The molecule has 194 valence electrons. The molecule has 1 aliphatic rings. The number of nitrogens with zero attached hydrogens (tertiary/aromatic N) is 2. The monoisotopic (exact) mass is 527 g/mol. The molecule has 0 aliphatic carbocycles. The van der Waals surface area contributed by atoms with Crippen molar-refractivity contribution in [3.63, 3.8) is 0 Å². The number of piperidine rings is 1. The van der Waals surface area contributed by atoms with Crippen LogP contribution in [-0.4, -0.2) is 45.5 Å². The molecule has 0 radical (unpaired) electrons. The number of quaternary nitrogens is 1. The fourth-order valence-electron chi connectivity index (χ4n) is 4.87. The van der Waals surface area contributed by atoms with E-state index >= 15 is 0 Å². The van der Waals surface area contributed by atoms with E-state index in [0.29, 0.717) is 6.54 Å². The standard InChI is InChI=1S/C26H25N3O7.ClH/c30-24(18-6-2-1-3-7-18)17-27-13-12-26(32,20-9-5-11-22(15-20)29(35)36)23(16-27)25(31)19-8-4-10-21(14-19)28(33)34;/h1-11,14-15,23-24,30,32H,12-13,16-17H2;1H. The molecule has 0 saturated carbocycles. The molecule has 0 bridgehead atoms. The molecule has 0 spiro atoms. The van der Waals surface area contributed by atoms with E-state index in [-0.39, 0.29) is 54.4 Å². The number of likely N-dealkylation sites (tertiary alicyclic amines) is 1. The second-order valence-corrected chi connectivity index (χ2v) is 9.04. The lowest BCUT2D eigenvalue weighted by atomic mass is 9.72. The number of hydrogen-bond donors (Lipinski definition) is 3. The first kappa shape index (κ1) is 27.9. The molecular weight excluding hydrogens is 502 g/mol. The molecule has 37 heavy (non-hydrogen) atoms. The number of nitrogens with one attached hydrogen (secondary N) is 1. The van der Waals surface area contributed by atoms with Crippen molar-refractivity contribution in [2.75, 3.05) is 19.6 Å². The summed E-state index contributed by atoms with van der Waals surface area (Å²) >= 11 is 0. The molecule has 0 aromatic heterocycles. The number of carbonyl (C=O) groups excluding carboxylic acids is 1. The largest absolute Gasteiger partial charge is 1.00 e. The number of ketones is 1. The number of Topliss-reactive ketones (excluding diaryl/α,β-unsaturated/α-hetero) is 1. The zero-order valence-electron chi connectivity index (χ0n) is 19.7. The summed E-state index contributed by atoms with van der Waals surface area (Å²) in [6.07, 6.45) is -0.685. The molecule has 3 aromatic carbocycles. The summed E-state index contributed by atoms with van der Waals surface area (Å²) < 4.78 is 0. The zero-order valence-corrected chi connectivity index (χ0v) is 20.5. The molecular formula is C26H26ClN3O7. The second-order valence-electron chi connectivity index (χ2n) is 9.04. The third-order valence-corrected chi connectivity index (χ3v) is 6.81. The highest BCUT2D eigenvalue weighted by Crippen LogP contribution is 2.38. The van der Waals surface area contributed by atoms with Crippen LogP contribution in [0.15, 0.2) is 78.9 Å². The van der Waals surface area contributed by atoms with Crippen molar-refractivity contribution in [2.45, 2.75) is 18.1 Å². The minimum absolute atomic E-state index is 0. The topological polar surface area (TPSA) is 148 Å². The van der Waals surface area contributed by atoms with Crippen LogP contribution in [-0.2, 0) is 5.60 Å². The summed E-state index contributed by atoms with van der Waals surface area (Å²) in [6.45, 7) is 0.820. The Morgan fingerprint density at radius 2 is 1.59 bits per heavy atom. The number of aliphatic hydroxyl groups excluding tert-OH is 1. The van der Waals surface area contributed by atoms with Gasteiger partial charge in [0.1, 0.15) is 24.2 Å². The number of benzene rings is 3. The predicted octanol–water partition coefficient (Wildman–Crippen LogP) is -0.784. The maximum Gasteiger partial charge on any atom is 0.270 e. The molecule has 1 fully saturated rings. The van der Waals surface area contributed by atoms with Gasteiger partial charge < -0.3 is 27.5 Å². The van der Waals surface area contributed by atoms with Gasteiger partial charge in [-0.05, 0) is 11.1 Å². The number of non-ortho nitro benzene ring substituents is 2. The fraction of sp³-hybridized carbons (Fsp3) is 0.269. The van der Waals surface area contributed by atoms with Gasteiger partial charge in [0.05, 0.1) is 22.9 Å². The Balaban J connectivity index is 0.00000380. The SMILES string of the molecule is O=C(c1cccc([N+](=O)[O-])c1)C1C[NH+](CC(O)c2ccccc2)CCC1(O)c1cccc([N+](=O)[O-])c1.[Cl-]. The van der Waals surface area contributed by atoms with Crippen molar-refractivity contribution in [3.05, 3.63) is 116 Å². The van der Waals surface area contributed by atoms with E-state index in [1.165, 1.54) is 42.5 Å². The van der Waals surface area contributed by atoms with Gasteiger partial charge in [-0.2, -0.15) is 0 Å². The van der Waals surface area contributed by atoms with Crippen LogP contribution in [0.5, 0.6) is 0 Å². The van der Waals surface area contributed by atoms with Gasteiger partial charge in [0, 0.05) is 36.2 Å². The minimum atomic E-state index is -1.73. The maximum atomic E-state index is 13.7. The van der Waals surface area contributed by atoms with Crippen LogP contribution in [0, 0.1) is 26.1 Å². The van der Waals surface area contributed by atoms with E-state index in [0.717, 1.165) is 10.5 Å². The number of rotatable bonds is 8. The van der Waals surface area contributed by atoms with E-state index in [4.69, 9.17) is 0 Å². The molecule has 4 atom stereocenters. The van der Waals surface area contributed by atoms with Gasteiger partial charge in [-0.3, -0.25) is 25.0 Å². The molecule has 1 aliphatic heterocycles. The van der Waals surface area contributed by atoms with Crippen molar-refractivity contribution in [1.82, 2.24) is 0 Å². The van der Waals surface area contributed by atoms with Crippen molar-refractivity contribution in [1.29, 1.82) is 0 Å². The number of nitro groups is 2. The van der Waals surface area contributed by atoms with Crippen LogP contribution in [0.1, 0.15) is 34.0 Å². The number of aliphatic hydroxyl groups is 2. The van der Waals surface area contributed by atoms with Crippen molar-refractivity contribution >= 4 is 17.2 Å². The van der Waals surface area contributed by atoms with Gasteiger partial charge in [-0.1, -0.05) is 54.6 Å². The van der Waals surface area contributed by atoms with E-state index in [9.17, 15) is 35.2 Å². The summed E-state index contributed by atoms with van der Waals surface area (Å²) in [5.41, 5.74) is -1.15. The lowest BCUT2D eigenvalue weighted by Gasteiger charge is -2.42. The van der Waals surface area contributed by atoms with Gasteiger partial charge in [0.2, 0.25) is 0 Å². The van der Waals surface area contributed by atoms with Crippen LogP contribution < -0.4 is 17.3 Å². The molecule has 1 heterocycles. The maximum absolute atomic E-state index is 13.7. The summed E-state index contributed by atoms with van der Waals surface area (Å²) in [6, 6.07) is 20.0. The summed E-state index contributed by atoms with van der Waals surface area (Å²) in [5.74, 6) is -1.55. The molecule has 0 amide bonds. The van der Waals surface area contributed by atoms with Crippen LogP contribution in [0.25, 0.3) is 0 Å². The highest BCUT2D eigenvalue weighted by Gasteiger charge is 2.49. The Labute approximate surface area is 218 Å². The highest BCUT2D eigenvalue weighted by atomic mass is 35.5. The first-order valence-electron chi connectivity index (χ1n) is 11.5.